The molecule has 0 amide bonds. The Labute approximate surface area is 94.8 Å². The van der Waals surface area contributed by atoms with Crippen molar-refractivity contribution in [3.63, 3.8) is 0 Å². The molecule has 2 atom stereocenters. The molecule has 2 heterocycles. The van der Waals surface area contributed by atoms with Crippen LogP contribution in [0.25, 0.3) is 0 Å². The summed E-state index contributed by atoms with van der Waals surface area (Å²) in [5.41, 5.74) is 0.840. The van der Waals surface area contributed by atoms with E-state index in [1.807, 2.05) is 0 Å². The minimum absolute atomic E-state index is 0.0723. The zero-order chi connectivity index (χ0) is 11.0. The topological polar surface area (TPSA) is 80.0 Å². The summed E-state index contributed by atoms with van der Waals surface area (Å²) < 4.78 is 2.25. The van der Waals surface area contributed by atoms with E-state index in [0.29, 0.717) is 17.7 Å². The van der Waals surface area contributed by atoms with Crippen LogP contribution in [0.4, 0.5) is 0 Å². The van der Waals surface area contributed by atoms with E-state index in [-0.39, 0.29) is 5.92 Å². The minimum Gasteiger partial charge on any atom is -0.481 e. The number of carboxylic acids is 1. The Balaban J connectivity index is 2.34. The molecule has 0 saturated carbocycles. The van der Waals surface area contributed by atoms with Crippen LogP contribution in [-0.2, 0) is 11.8 Å². The second-order valence-corrected chi connectivity index (χ2v) is 4.35. The van der Waals surface area contributed by atoms with Gasteiger partial charge in [-0.05, 0) is 15.9 Å². The van der Waals surface area contributed by atoms with E-state index in [1.54, 1.807) is 11.7 Å². The molecule has 1 saturated heterocycles. The lowest BCUT2D eigenvalue weighted by molar-refractivity contribution is -0.141. The molecule has 0 bridgehead atoms. The average molecular weight is 275 g/mol. The monoisotopic (exact) mass is 274 g/mol. The van der Waals surface area contributed by atoms with Crippen molar-refractivity contribution in [3.8, 4) is 0 Å². The summed E-state index contributed by atoms with van der Waals surface area (Å²) in [4.78, 5) is 11.0. The molecule has 0 aromatic carbocycles. The van der Waals surface area contributed by atoms with Gasteiger partial charge < -0.3 is 10.4 Å². The molecule has 7 heteroatoms. The first-order valence-electron chi connectivity index (χ1n) is 4.60. The summed E-state index contributed by atoms with van der Waals surface area (Å²) >= 11 is 3.29. The minimum atomic E-state index is -0.780. The highest BCUT2D eigenvalue weighted by atomic mass is 79.9. The number of aryl methyl sites for hydroxylation is 1. The second kappa shape index (κ2) is 3.90. The number of carboxylic acid groups (broad SMARTS) is 1. The van der Waals surface area contributed by atoms with Crippen LogP contribution in [0.15, 0.2) is 4.60 Å². The van der Waals surface area contributed by atoms with Crippen LogP contribution in [0.5, 0.6) is 0 Å². The third-order valence-corrected chi connectivity index (χ3v) is 3.27. The van der Waals surface area contributed by atoms with Gasteiger partial charge in [-0.15, -0.1) is 5.10 Å². The molecular weight excluding hydrogens is 264 g/mol. The number of nitrogens with one attached hydrogen (secondary N) is 1. The lowest BCUT2D eigenvalue weighted by atomic mass is 9.93. The third-order valence-electron chi connectivity index (χ3n) is 2.71. The molecule has 1 aromatic heterocycles. The molecule has 82 valence electrons. The first-order chi connectivity index (χ1) is 7.11. The standard InChI is InChI=1S/C8H11BrN4O2/c1-13-6(7(9)11-12-13)4-2-10-3-5(4)8(14)15/h4-5,10H,2-3H2,1H3,(H,14,15). The Morgan fingerprint density at radius 3 is 2.93 bits per heavy atom. The van der Waals surface area contributed by atoms with Crippen LogP contribution < -0.4 is 5.32 Å². The summed E-state index contributed by atoms with van der Waals surface area (Å²) in [6, 6.07) is 0. The predicted octanol–water partition coefficient (Wildman–Crippen LogP) is -0.0348. The van der Waals surface area contributed by atoms with Crippen LogP contribution in [0.3, 0.4) is 0 Å². The number of hydrogen-bond acceptors (Lipinski definition) is 4. The van der Waals surface area contributed by atoms with Gasteiger partial charge in [0.15, 0.2) is 4.60 Å². The van der Waals surface area contributed by atoms with Crippen molar-refractivity contribution in [1.82, 2.24) is 20.3 Å². The van der Waals surface area contributed by atoms with Crippen LogP contribution in [0, 0.1) is 5.92 Å². The number of carbonyl (C=O) groups is 1. The molecule has 0 aliphatic carbocycles. The Morgan fingerprint density at radius 2 is 2.40 bits per heavy atom. The van der Waals surface area contributed by atoms with Crippen molar-refractivity contribution in [1.29, 1.82) is 0 Å². The van der Waals surface area contributed by atoms with Gasteiger partial charge in [0.2, 0.25) is 0 Å². The first kappa shape index (κ1) is 10.6. The Kier molecular flexibility index (Phi) is 2.74. The molecule has 6 nitrogen and oxygen atoms in total. The van der Waals surface area contributed by atoms with E-state index >= 15 is 0 Å². The van der Waals surface area contributed by atoms with E-state index in [4.69, 9.17) is 5.11 Å². The van der Waals surface area contributed by atoms with Gasteiger partial charge in [-0.3, -0.25) is 9.48 Å². The number of rotatable bonds is 2. The molecule has 0 radical (unpaired) electrons. The maximum Gasteiger partial charge on any atom is 0.308 e. The van der Waals surface area contributed by atoms with Gasteiger partial charge >= 0.3 is 5.97 Å². The van der Waals surface area contributed by atoms with Crippen LogP contribution in [-0.4, -0.2) is 39.2 Å². The van der Waals surface area contributed by atoms with Gasteiger partial charge in [0, 0.05) is 26.1 Å². The highest BCUT2D eigenvalue weighted by Crippen LogP contribution is 2.31. The molecule has 1 aromatic rings. The average Bonchev–Trinajstić information content (AvgIpc) is 2.73. The highest BCUT2D eigenvalue weighted by Gasteiger charge is 2.37. The van der Waals surface area contributed by atoms with Crippen LogP contribution in [0.2, 0.25) is 0 Å². The summed E-state index contributed by atoms with van der Waals surface area (Å²) in [6.07, 6.45) is 0. The van der Waals surface area contributed by atoms with Crippen molar-refractivity contribution < 1.29 is 9.90 Å². The maximum atomic E-state index is 11.0. The first-order valence-corrected chi connectivity index (χ1v) is 5.39. The van der Waals surface area contributed by atoms with Crippen molar-refractivity contribution in [2.75, 3.05) is 13.1 Å². The summed E-state index contributed by atoms with van der Waals surface area (Å²) in [7, 11) is 1.77. The zero-order valence-electron chi connectivity index (χ0n) is 8.14. The quantitative estimate of drug-likeness (QED) is 0.792. The van der Waals surface area contributed by atoms with Crippen molar-refractivity contribution in [2.24, 2.45) is 13.0 Å². The number of aromatic nitrogens is 3. The fourth-order valence-electron chi connectivity index (χ4n) is 1.96. The highest BCUT2D eigenvalue weighted by molar-refractivity contribution is 9.10. The molecule has 0 spiro atoms. The Bertz CT molecular complexity index is 372. The number of hydrogen-bond donors (Lipinski definition) is 2. The van der Waals surface area contributed by atoms with Crippen LogP contribution >= 0.6 is 15.9 Å². The van der Waals surface area contributed by atoms with Gasteiger partial charge in [0.1, 0.15) is 0 Å². The number of halogens is 1. The number of aliphatic carboxylic acids is 1. The van der Waals surface area contributed by atoms with E-state index in [0.717, 1.165) is 5.69 Å². The van der Waals surface area contributed by atoms with Crippen molar-refractivity contribution in [2.45, 2.75) is 5.92 Å². The van der Waals surface area contributed by atoms with Crippen LogP contribution in [0.1, 0.15) is 11.6 Å². The van der Waals surface area contributed by atoms with E-state index in [1.165, 1.54) is 0 Å². The maximum absolute atomic E-state index is 11.0. The van der Waals surface area contributed by atoms with Crippen molar-refractivity contribution in [3.05, 3.63) is 10.3 Å². The van der Waals surface area contributed by atoms with Gasteiger partial charge in [0.25, 0.3) is 0 Å². The fraction of sp³-hybridized carbons (Fsp3) is 0.625. The summed E-state index contributed by atoms with van der Waals surface area (Å²) in [5, 5.41) is 19.9. The van der Waals surface area contributed by atoms with E-state index in [2.05, 4.69) is 31.6 Å². The summed E-state index contributed by atoms with van der Waals surface area (Å²) in [5.74, 6) is -1.26. The molecule has 2 unspecified atom stereocenters. The second-order valence-electron chi connectivity index (χ2n) is 3.60. The fourth-order valence-corrected chi connectivity index (χ4v) is 2.58. The van der Waals surface area contributed by atoms with Crippen molar-refractivity contribution >= 4 is 21.9 Å². The smallest absolute Gasteiger partial charge is 0.308 e. The zero-order valence-corrected chi connectivity index (χ0v) is 9.73. The Hall–Kier alpha value is -0.950. The predicted molar refractivity (Wildman–Crippen MR) is 55.4 cm³/mol. The molecule has 2 N–H and O–H groups in total. The lowest BCUT2D eigenvalue weighted by Crippen LogP contribution is -2.22. The normalized spacial score (nSPS) is 25.7. The number of nitrogens with zero attached hydrogens (tertiary/aromatic N) is 3. The molecular formula is C8H11BrN4O2. The molecule has 2 rings (SSSR count). The van der Waals surface area contributed by atoms with Gasteiger partial charge in [-0.1, -0.05) is 5.21 Å². The largest absolute Gasteiger partial charge is 0.481 e. The molecule has 1 aliphatic rings. The summed E-state index contributed by atoms with van der Waals surface area (Å²) in [6.45, 7) is 1.15. The Morgan fingerprint density at radius 1 is 1.67 bits per heavy atom. The molecule has 1 aliphatic heterocycles. The lowest BCUT2D eigenvalue weighted by Gasteiger charge is -2.14. The van der Waals surface area contributed by atoms with Gasteiger partial charge in [-0.25, -0.2) is 0 Å². The van der Waals surface area contributed by atoms with Gasteiger partial charge in [0.05, 0.1) is 11.6 Å². The third kappa shape index (κ3) is 1.76. The van der Waals surface area contributed by atoms with E-state index < -0.39 is 11.9 Å². The molecule has 1 fully saturated rings. The molecule has 15 heavy (non-hydrogen) atoms. The van der Waals surface area contributed by atoms with E-state index in [9.17, 15) is 4.79 Å². The SMILES string of the molecule is Cn1nnc(Br)c1C1CNCC1C(=O)O. The van der Waals surface area contributed by atoms with Gasteiger partial charge in [-0.2, -0.15) is 0 Å².